The molecule has 0 aromatic heterocycles. The quantitative estimate of drug-likeness (QED) is 0.658. The molecule has 3 rings (SSSR count). The molecule has 2 N–H and O–H groups in total. The molecule has 0 unspecified atom stereocenters. The smallest absolute Gasteiger partial charge is 0.119 e. The standard InChI is InChI=1S/C23H31ClN2O2/c24-21-9-5-7-19(13-21)15-25-16-20-8-6-10-23(14-20)28-18-22(27)17-26-11-3-1-2-4-12-26/h5-10,13-14,22,25,27H,1-4,11-12,15-18H2/t22-/m0/s1. The Bertz CT molecular complexity index is 717. The van der Waals surface area contributed by atoms with Gasteiger partial charge in [0.1, 0.15) is 18.5 Å². The highest BCUT2D eigenvalue weighted by Crippen LogP contribution is 2.15. The van der Waals surface area contributed by atoms with Crippen LogP contribution in [-0.2, 0) is 13.1 Å². The van der Waals surface area contributed by atoms with Crippen LogP contribution in [0.3, 0.4) is 0 Å². The first-order chi connectivity index (χ1) is 13.7. The molecule has 0 aliphatic carbocycles. The van der Waals surface area contributed by atoms with Gasteiger partial charge in [-0.2, -0.15) is 0 Å². The first kappa shape index (κ1) is 21.1. The molecule has 0 amide bonds. The summed E-state index contributed by atoms with van der Waals surface area (Å²) in [6.07, 6.45) is 4.63. The fourth-order valence-electron chi connectivity index (χ4n) is 3.61. The van der Waals surface area contributed by atoms with Crippen molar-refractivity contribution in [1.29, 1.82) is 0 Å². The maximum absolute atomic E-state index is 10.3. The molecule has 28 heavy (non-hydrogen) atoms. The van der Waals surface area contributed by atoms with Crippen LogP contribution in [0.25, 0.3) is 0 Å². The van der Waals surface area contributed by atoms with Crippen LogP contribution in [0.4, 0.5) is 0 Å². The van der Waals surface area contributed by atoms with Crippen LogP contribution in [0.5, 0.6) is 5.75 Å². The average Bonchev–Trinajstić information content (AvgIpc) is 2.95. The number of β-amino-alcohol motifs (C(OH)–C–C–N with tert-alkyl or cyclic N) is 1. The summed E-state index contributed by atoms with van der Waals surface area (Å²) in [6, 6.07) is 15.9. The summed E-state index contributed by atoms with van der Waals surface area (Å²) >= 11 is 6.02. The Balaban J connectivity index is 1.41. The third kappa shape index (κ3) is 7.44. The molecule has 0 saturated carbocycles. The summed E-state index contributed by atoms with van der Waals surface area (Å²) in [5, 5.41) is 14.5. The second-order valence-corrected chi connectivity index (χ2v) is 8.00. The molecule has 0 spiro atoms. The Kier molecular flexibility index (Phi) is 8.62. The zero-order valence-electron chi connectivity index (χ0n) is 16.4. The molecule has 5 heteroatoms. The number of benzene rings is 2. The number of aliphatic hydroxyl groups is 1. The Morgan fingerprint density at radius 1 is 0.964 bits per heavy atom. The van der Waals surface area contributed by atoms with Crippen molar-refractivity contribution in [1.82, 2.24) is 10.2 Å². The van der Waals surface area contributed by atoms with Crippen LogP contribution in [0.2, 0.25) is 5.02 Å². The number of likely N-dealkylation sites (tertiary alicyclic amines) is 1. The number of aliphatic hydroxyl groups excluding tert-OH is 1. The predicted octanol–water partition coefficient (Wildman–Crippen LogP) is 4.25. The molecule has 2 aromatic carbocycles. The van der Waals surface area contributed by atoms with Gasteiger partial charge in [0.15, 0.2) is 0 Å². The van der Waals surface area contributed by atoms with Crippen LogP contribution in [-0.4, -0.2) is 42.4 Å². The number of hydrogen-bond donors (Lipinski definition) is 2. The van der Waals surface area contributed by atoms with Gasteiger partial charge in [0.25, 0.3) is 0 Å². The number of rotatable bonds is 9. The predicted molar refractivity (Wildman–Crippen MR) is 115 cm³/mol. The zero-order chi connectivity index (χ0) is 19.6. The van der Waals surface area contributed by atoms with Gasteiger partial charge in [0.05, 0.1) is 0 Å². The van der Waals surface area contributed by atoms with E-state index in [0.717, 1.165) is 48.1 Å². The lowest BCUT2D eigenvalue weighted by Gasteiger charge is -2.23. The first-order valence-corrected chi connectivity index (χ1v) is 10.6. The fraction of sp³-hybridized carbons (Fsp3) is 0.478. The van der Waals surface area contributed by atoms with Gasteiger partial charge >= 0.3 is 0 Å². The summed E-state index contributed by atoms with van der Waals surface area (Å²) in [6.45, 7) is 4.71. The Morgan fingerprint density at radius 3 is 2.36 bits per heavy atom. The van der Waals surface area contributed by atoms with E-state index >= 15 is 0 Å². The fourth-order valence-corrected chi connectivity index (χ4v) is 3.82. The molecule has 1 heterocycles. The lowest BCUT2D eigenvalue weighted by Crippen LogP contribution is -2.36. The summed E-state index contributed by atoms with van der Waals surface area (Å²) in [5.41, 5.74) is 2.32. The maximum Gasteiger partial charge on any atom is 0.119 e. The Morgan fingerprint density at radius 2 is 1.64 bits per heavy atom. The van der Waals surface area contributed by atoms with Crippen molar-refractivity contribution in [3.05, 3.63) is 64.7 Å². The van der Waals surface area contributed by atoms with E-state index in [9.17, 15) is 5.11 Å². The van der Waals surface area contributed by atoms with Gasteiger partial charge in [0, 0.05) is 24.7 Å². The van der Waals surface area contributed by atoms with E-state index in [4.69, 9.17) is 16.3 Å². The average molecular weight is 403 g/mol. The second kappa shape index (κ2) is 11.4. The highest BCUT2D eigenvalue weighted by molar-refractivity contribution is 6.30. The molecule has 0 radical (unpaired) electrons. The lowest BCUT2D eigenvalue weighted by atomic mass is 10.2. The van der Waals surface area contributed by atoms with Crippen LogP contribution in [0.15, 0.2) is 48.5 Å². The normalized spacial score (nSPS) is 16.5. The van der Waals surface area contributed by atoms with Crippen molar-refractivity contribution in [2.75, 3.05) is 26.2 Å². The lowest BCUT2D eigenvalue weighted by molar-refractivity contribution is 0.0693. The van der Waals surface area contributed by atoms with Crippen LogP contribution < -0.4 is 10.1 Å². The van der Waals surface area contributed by atoms with E-state index in [1.165, 1.54) is 25.7 Å². The second-order valence-electron chi connectivity index (χ2n) is 7.56. The highest BCUT2D eigenvalue weighted by atomic mass is 35.5. The van der Waals surface area contributed by atoms with Crippen molar-refractivity contribution in [2.24, 2.45) is 0 Å². The highest BCUT2D eigenvalue weighted by Gasteiger charge is 2.14. The van der Waals surface area contributed by atoms with Gasteiger partial charge in [0.2, 0.25) is 0 Å². The molecule has 0 bridgehead atoms. The molecule has 1 saturated heterocycles. The molecule has 2 aromatic rings. The van der Waals surface area contributed by atoms with E-state index < -0.39 is 6.10 Å². The topological polar surface area (TPSA) is 44.7 Å². The van der Waals surface area contributed by atoms with Crippen molar-refractivity contribution < 1.29 is 9.84 Å². The maximum atomic E-state index is 10.3. The SMILES string of the molecule is O[C@H](COc1cccc(CNCc2cccc(Cl)c2)c1)CN1CCCCCC1. The number of nitrogens with one attached hydrogen (secondary N) is 1. The van der Waals surface area contributed by atoms with E-state index in [1.54, 1.807) is 0 Å². The number of ether oxygens (including phenoxy) is 1. The van der Waals surface area contributed by atoms with Crippen molar-refractivity contribution in [3.63, 3.8) is 0 Å². The molecule has 1 aliphatic rings. The largest absolute Gasteiger partial charge is 0.491 e. The summed E-state index contributed by atoms with van der Waals surface area (Å²) < 4.78 is 5.84. The zero-order valence-corrected chi connectivity index (χ0v) is 17.2. The molecule has 1 fully saturated rings. The third-order valence-electron chi connectivity index (χ3n) is 5.06. The molecular formula is C23H31ClN2O2. The van der Waals surface area contributed by atoms with Crippen LogP contribution in [0.1, 0.15) is 36.8 Å². The van der Waals surface area contributed by atoms with Crippen LogP contribution in [0, 0.1) is 0 Å². The number of halogens is 1. The monoisotopic (exact) mass is 402 g/mol. The van der Waals surface area contributed by atoms with Gasteiger partial charge in [-0.15, -0.1) is 0 Å². The molecule has 1 aliphatic heterocycles. The molecule has 1 atom stereocenters. The van der Waals surface area contributed by atoms with Gasteiger partial charge in [-0.1, -0.05) is 48.7 Å². The van der Waals surface area contributed by atoms with Gasteiger partial charge in [-0.25, -0.2) is 0 Å². The minimum Gasteiger partial charge on any atom is -0.491 e. The number of hydrogen-bond acceptors (Lipinski definition) is 4. The van der Waals surface area contributed by atoms with E-state index in [1.807, 2.05) is 36.4 Å². The van der Waals surface area contributed by atoms with Gasteiger partial charge in [-0.05, 0) is 61.3 Å². The first-order valence-electron chi connectivity index (χ1n) is 10.3. The Labute approximate surface area is 173 Å². The van der Waals surface area contributed by atoms with Gasteiger partial charge in [-0.3, -0.25) is 0 Å². The van der Waals surface area contributed by atoms with E-state index in [2.05, 4.69) is 22.3 Å². The number of nitrogens with zero attached hydrogens (tertiary/aromatic N) is 1. The Hall–Kier alpha value is -1.59. The van der Waals surface area contributed by atoms with Crippen molar-refractivity contribution in [3.8, 4) is 5.75 Å². The van der Waals surface area contributed by atoms with Crippen LogP contribution >= 0.6 is 11.6 Å². The van der Waals surface area contributed by atoms with Crippen molar-refractivity contribution in [2.45, 2.75) is 44.9 Å². The van der Waals surface area contributed by atoms with Gasteiger partial charge < -0.3 is 20.1 Å². The molecular weight excluding hydrogens is 372 g/mol. The van der Waals surface area contributed by atoms with E-state index in [-0.39, 0.29) is 0 Å². The summed E-state index contributed by atoms with van der Waals surface area (Å²) in [4.78, 5) is 2.36. The minimum absolute atomic E-state index is 0.329. The molecule has 152 valence electrons. The minimum atomic E-state index is -0.456. The van der Waals surface area contributed by atoms with Crippen molar-refractivity contribution >= 4 is 11.6 Å². The summed E-state index contributed by atoms with van der Waals surface area (Å²) in [5.74, 6) is 0.803. The third-order valence-corrected chi connectivity index (χ3v) is 5.29. The summed E-state index contributed by atoms with van der Waals surface area (Å²) in [7, 11) is 0. The molecule has 4 nitrogen and oxygen atoms in total. The van der Waals surface area contributed by atoms with E-state index in [0.29, 0.717) is 13.2 Å².